The maximum atomic E-state index is 13.3. The molecule has 1 heterocycles. The fraction of sp³-hybridized carbons (Fsp3) is 0.348. The Hall–Kier alpha value is -3.27. The van der Waals surface area contributed by atoms with Crippen molar-refractivity contribution in [3.05, 3.63) is 66.7 Å². The van der Waals surface area contributed by atoms with Gasteiger partial charge in [0.1, 0.15) is 5.82 Å². The van der Waals surface area contributed by atoms with E-state index in [0.29, 0.717) is 28.9 Å². The number of nitro groups is 1. The van der Waals surface area contributed by atoms with Crippen LogP contribution in [0.2, 0.25) is 0 Å². The Morgan fingerprint density at radius 3 is 2.48 bits per heavy atom. The van der Waals surface area contributed by atoms with Crippen molar-refractivity contribution in [2.45, 2.75) is 40.0 Å². The summed E-state index contributed by atoms with van der Waals surface area (Å²) in [5, 5.41) is 16.4. The van der Waals surface area contributed by atoms with Gasteiger partial charge in [0, 0.05) is 21.5 Å². The van der Waals surface area contributed by atoms with E-state index in [1.54, 1.807) is 32.0 Å². The zero-order chi connectivity index (χ0) is 24.3. The average Bonchev–Trinajstić information content (AvgIpc) is 2.74. The molecule has 33 heavy (non-hydrogen) atoms. The van der Waals surface area contributed by atoms with Crippen LogP contribution >= 0.6 is 15.9 Å². The Labute approximate surface area is 199 Å². The van der Waals surface area contributed by atoms with Gasteiger partial charge in [0.05, 0.1) is 35.3 Å². The molecule has 0 atom stereocenters. The lowest BCUT2D eigenvalue weighted by Gasteiger charge is -2.20. The van der Waals surface area contributed by atoms with E-state index in [0.717, 1.165) is 4.47 Å². The predicted molar refractivity (Wildman–Crippen MR) is 131 cm³/mol. The lowest BCUT2D eigenvalue weighted by molar-refractivity contribution is -0.385. The number of fused-ring (bicyclic) bond motifs is 1. The third-order valence-corrected chi connectivity index (χ3v) is 5.14. The second kappa shape index (κ2) is 9.70. The van der Waals surface area contributed by atoms with Crippen molar-refractivity contribution < 1.29 is 14.4 Å². The van der Waals surface area contributed by atoms with E-state index < -0.39 is 10.3 Å². The van der Waals surface area contributed by atoms with Crippen LogP contribution in [0.15, 0.2) is 44.7 Å². The molecule has 10 heteroatoms. The van der Waals surface area contributed by atoms with Gasteiger partial charge in [0.15, 0.2) is 5.75 Å². The number of ether oxygens (including phenoxy) is 2. The molecule has 2 aromatic carbocycles. The van der Waals surface area contributed by atoms with Crippen molar-refractivity contribution in [3.63, 3.8) is 0 Å². The first-order valence-electron chi connectivity index (χ1n) is 10.4. The van der Waals surface area contributed by atoms with Gasteiger partial charge in [-0.3, -0.25) is 14.9 Å². The van der Waals surface area contributed by atoms with Crippen LogP contribution in [0.4, 0.5) is 5.69 Å². The van der Waals surface area contributed by atoms with Crippen LogP contribution in [0.5, 0.6) is 11.5 Å². The van der Waals surface area contributed by atoms with Crippen LogP contribution in [0.1, 0.15) is 46.0 Å². The van der Waals surface area contributed by atoms with Crippen molar-refractivity contribution >= 4 is 38.7 Å². The van der Waals surface area contributed by atoms with Crippen LogP contribution in [-0.4, -0.2) is 34.0 Å². The number of benzene rings is 2. The van der Waals surface area contributed by atoms with E-state index >= 15 is 0 Å². The Morgan fingerprint density at radius 2 is 1.88 bits per heavy atom. The minimum Gasteiger partial charge on any atom is -0.490 e. The number of halogens is 1. The van der Waals surface area contributed by atoms with Crippen LogP contribution in [-0.2, 0) is 5.41 Å². The first-order valence-corrected chi connectivity index (χ1v) is 11.2. The van der Waals surface area contributed by atoms with E-state index in [1.165, 1.54) is 17.0 Å². The number of nitrogens with zero attached hydrogens (tertiary/aromatic N) is 4. The minimum absolute atomic E-state index is 0.0614. The minimum atomic E-state index is -0.535. The third-order valence-electron chi connectivity index (χ3n) is 4.64. The molecule has 3 rings (SSSR count). The summed E-state index contributed by atoms with van der Waals surface area (Å²) in [6.07, 6.45) is 1.38. The molecule has 0 saturated heterocycles. The first-order chi connectivity index (χ1) is 15.6. The molecular weight excluding hydrogens is 492 g/mol. The fourth-order valence-electron chi connectivity index (χ4n) is 3.24. The predicted octanol–water partition coefficient (Wildman–Crippen LogP) is 5.04. The fourth-order valence-corrected chi connectivity index (χ4v) is 3.60. The highest BCUT2D eigenvalue weighted by atomic mass is 79.9. The number of nitro benzene ring substituents is 1. The topological polar surface area (TPSA) is 109 Å². The molecule has 174 valence electrons. The summed E-state index contributed by atoms with van der Waals surface area (Å²) < 4.78 is 13.0. The van der Waals surface area contributed by atoms with E-state index in [9.17, 15) is 14.9 Å². The average molecular weight is 517 g/mol. The normalized spacial score (nSPS) is 11.8. The Morgan fingerprint density at radius 1 is 1.18 bits per heavy atom. The van der Waals surface area contributed by atoms with Crippen molar-refractivity contribution in [2.24, 2.45) is 5.10 Å². The standard InChI is InChI=1S/C23H25BrN4O5/c1-6-32-19-11-14(10-18(28(30)31)20(19)33-7-2)13-25-27-21(29)16-12-15(24)8-9-17(16)26-22(27)23(3,4)5/h8-13H,6-7H2,1-5H3. The van der Waals surface area contributed by atoms with Crippen molar-refractivity contribution in [1.82, 2.24) is 9.66 Å². The van der Waals surface area contributed by atoms with E-state index in [4.69, 9.17) is 9.47 Å². The van der Waals surface area contributed by atoms with Crippen LogP contribution in [0, 0.1) is 10.1 Å². The van der Waals surface area contributed by atoms with Crippen molar-refractivity contribution in [2.75, 3.05) is 13.2 Å². The van der Waals surface area contributed by atoms with Crippen LogP contribution < -0.4 is 15.0 Å². The van der Waals surface area contributed by atoms with E-state index in [-0.39, 0.29) is 29.4 Å². The molecule has 0 aliphatic heterocycles. The largest absolute Gasteiger partial charge is 0.490 e. The zero-order valence-electron chi connectivity index (χ0n) is 19.1. The smallest absolute Gasteiger partial charge is 0.315 e. The maximum Gasteiger partial charge on any atom is 0.315 e. The molecule has 0 unspecified atom stereocenters. The summed E-state index contributed by atoms with van der Waals surface area (Å²) in [5.74, 6) is 0.759. The van der Waals surface area contributed by atoms with Crippen molar-refractivity contribution in [1.29, 1.82) is 0 Å². The molecule has 0 aliphatic carbocycles. The Kier molecular flexibility index (Phi) is 7.16. The summed E-state index contributed by atoms with van der Waals surface area (Å²) >= 11 is 3.38. The Balaban J connectivity index is 2.22. The summed E-state index contributed by atoms with van der Waals surface area (Å²) in [6.45, 7) is 9.85. The molecule has 3 aromatic rings. The highest BCUT2D eigenvalue weighted by Gasteiger charge is 2.24. The van der Waals surface area contributed by atoms with Gasteiger partial charge in [0.25, 0.3) is 5.56 Å². The van der Waals surface area contributed by atoms with Gasteiger partial charge in [-0.15, -0.1) is 0 Å². The van der Waals surface area contributed by atoms with Gasteiger partial charge < -0.3 is 9.47 Å². The van der Waals surface area contributed by atoms with E-state index in [1.807, 2.05) is 26.8 Å². The number of rotatable bonds is 7. The zero-order valence-corrected chi connectivity index (χ0v) is 20.7. The molecule has 0 saturated carbocycles. The SMILES string of the molecule is CCOc1cc(C=Nn2c(C(C)(C)C)nc3ccc(Br)cc3c2=O)cc([N+](=O)[O-])c1OCC. The molecule has 0 fully saturated rings. The summed E-state index contributed by atoms with van der Waals surface area (Å²) in [4.78, 5) is 29.1. The van der Waals surface area contributed by atoms with Gasteiger partial charge in [-0.05, 0) is 38.1 Å². The molecule has 0 bridgehead atoms. The maximum absolute atomic E-state index is 13.3. The number of hydrogen-bond donors (Lipinski definition) is 0. The number of hydrogen-bond acceptors (Lipinski definition) is 7. The summed E-state index contributed by atoms with van der Waals surface area (Å²) in [7, 11) is 0. The second-order valence-electron chi connectivity index (χ2n) is 8.20. The van der Waals surface area contributed by atoms with Gasteiger partial charge in [-0.2, -0.15) is 9.78 Å². The molecule has 1 aromatic heterocycles. The van der Waals surface area contributed by atoms with Gasteiger partial charge in [-0.25, -0.2) is 4.98 Å². The molecule has 0 radical (unpaired) electrons. The molecule has 9 nitrogen and oxygen atoms in total. The molecule has 0 aliphatic rings. The van der Waals surface area contributed by atoms with Gasteiger partial charge >= 0.3 is 5.69 Å². The Bertz CT molecular complexity index is 1290. The van der Waals surface area contributed by atoms with Crippen LogP contribution in [0.25, 0.3) is 10.9 Å². The number of aromatic nitrogens is 2. The second-order valence-corrected chi connectivity index (χ2v) is 9.11. The molecule has 0 spiro atoms. The van der Waals surface area contributed by atoms with E-state index in [2.05, 4.69) is 26.0 Å². The highest BCUT2D eigenvalue weighted by molar-refractivity contribution is 9.10. The third kappa shape index (κ3) is 5.22. The van der Waals surface area contributed by atoms with Gasteiger partial charge in [-0.1, -0.05) is 36.7 Å². The monoisotopic (exact) mass is 516 g/mol. The molecular formula is C23H25BrN4O5. The quantitative estimate of drug-likeness (QED) is 0.247. The van der Waals surface area contributed by atoms with Crippen molar-refractivity contribution in [3.8, 4) is 11.5 Å². The lowest BCUT2D eigenvalue weighted by atomic mass is 9.95. The highest BCUT2D eigenvalue weighted by Crippen LogP contribution is 2.38. The molecule has 0 N–H and O–H groups in total. The first kappa shape index (κ1) is 24.4. The van der Waals surface area contributed by atoms with Gasteiger partial charge in [0.2, 0.25) is 5.75 Å². The lowest BCUT2D eigenvalue weighted by Crippen LogP contribution is -2.29. The summed E-state index contributed by atoms with van der Waals surface area (Å²) in [5.41, 5.74) is -0.121. The van der Waals surface area contributed by atoms with Crippen LogP contribution in [0.3, 0.4) is 0 Å². The summed E-state index contributed by atoms with van der Waals surface area (Å²) in [6, 6.07) is 8.22. The molecule has 0 amide bonds.